The number of hydrogen-bond acceptors (Lipinski definition) is 1. The lowest BCUT2D eigenvalue weighted by Crippen LogP contribution is -1.99. The molecular formula is C17H16O. The van der Waals surface area contributed by atoms with Crippen LogP contribution < -0.4 is 0 Å². The van der Waals surface area contributed by atoms with E-state index in [0.29, 0.717) is 5.92 Å². The highest BCUT2D eigenvalue weighted by Gasteiger charge is 2.11. The van der Waals surface area contributed by atoms with Crippen LogP contribution in [0.5, 0.6) is 0 Å². The molecule has 1 nitrogen and oxygen atoms in total. The fraction of sp³-hybridized carbons (Fsp3) is 0.118. The van der Waals surface area contributed by atoms with Crippen LogP contribution in [0.4, 0.5) is 0 Å². The molecule has 90 valence electrons. The lowest BCUT2D eigenvalue weighted by molar-refractivity contribution is -0.104. The average Bonchev–Trinajstić information content (AvgIpc) is 2.46. The van der Waals surface area contributed by atoms with Gasteiger partial charge >= 0.3 is 0 Å². The third-order valence-corrected chi connectivity index (χ3v) is 2.99. The molecule has 0 radical (unpaired) electrons. The number of rotatable bonds is 5. The Morgan fingerprint density at radius 2 is 1.33 bits per heavy atom. The summed E-state index contributed by atoms with van der Waals surface area (Å²) in [7, 11) is 0. The Bertz CT molecular complexity index is 460. The first-order valence-corrected chi connectivity index (χ1v) is 6.12. The van der Waals surface area contributed by atoms with Gasteiger partial charge < -0.3 is 0 Å². The Kier molecular flexibility index (Phi) is 4.48. The van der Waals surface area contributed by atoms with E-state index in [1.807, 2.05) is 18.2 Å². The highest BCUT2D eigenvalue weighted by atomic mass is 16.1. The minimum atomic E-state index is 0.309. The molecule has 0 saturated carbocycles. The van der Waals surface area contributed by atoms with Gasteiger partial charge in [-0.15, -0.1) is 0 Å². The van der Waals surface area contributed by atoms with Crippen molar-refractivity contribution >= 4 is 6.29 Å². The molecule has 0 heterocycles. The van der Waals surface area contributed by atoms with E-state index in [-0.39, 0.29) is 0 Å². The minimum absolute atomic E-state index is 0.309. The van der Waals surface area contributed by atoms with Crippen LogP contribution in [0.2, 0.25) is 0 Å². The SMILES string of the molecule is O=C/C=C/CC(c1ccccc1)c1ccccc1. The quantitative estimate of drug-likeness (QED) is 0.567. The van der Waals surface area contributed by atoms with E-state index in [1.165, 1.54) is 11.1 Å². The van der Waals surface area contributed by atoms with Crippen molar-refractivity contribution in [1.29, 1.82) is 0 Å². The molecule has 0 fully saturated rings. The molecule has 0 N–H and O–H groups in total. The van der Waals surface area contributed by atoms with Gasteiger partial charge in [-0.05, 0) is 23.6 Å². The molecule has 0 spiro atoms. The first-order valence-electron chi connectivity index (χ1n) is 6.12. The summed E-state index contributed by atoms with van der Waals surface area (Å²) in [6, 6.07) is 20.8. The molecule has 0 aromatic heterocycles. The molecule has 0 aliphatic rings. The Morgan fingerprint density at radius 3 is 1.78 bits per heavy atom. The minimum Gasteiger partial charge on any atom is -0.299 e. The lowest BCUT2D eigenvalue weighted by atomic mass is 9.88. The number of carbonyl (C=O) groups excluding carboxylic acids is 1. The van der Waals surface area contributed by atoms with E-state index in [4.69, 9.17) is 0 Å². The van der Waals surface area contributed by atoms with Gasteiger partial charge in [0.1, 0.15) is 6.29 Å². The van der Waals surface area contributed by atoms with Crippen LogP contribution in [-0.2, 0) is 4.79 Å². The summed E-state index contributed by atoms with van der Waals surface area (Å²) in [4.78, 5) is 10.4. The van der Waals surface area contributed by atoms with Gasteiger partial charge in [-0.25, -0.2) is 0 Å². The van der Waals surface area contributed by atoms with Gasteiger partial charge in [0.05, 0.1) is 0 Å². The molecule has 0 aliphatic carbocycles. The van der Waals surface area contributed by atoms with Crippen molar-refractivity contribution < 1.29 is 4.79 Å². The summed E-state index contributed by atoms with van der Waals surface area (Å²) in [5.41, 5.74) is 2.55. The van der Waals surface area contributed by atoms with Crippen LogP contribution in [-0.4, -0.2) is 6.29 Å². The Hall–Kier alpha value is -2.15. The van der Waals surface area contributed by atoms with Crippen LogP contribution in [0, 0.1) is 0 Å². The fourth-order valence-electron chi connectivity index (χ4n) is 2.11. The van der Waals surface area contributed by atoms with E-state index >= 15 is 0 Å². The van der Waals surface area contributed by atoms with Crippen LogP contribution in [0.1, 0.15) is 23.5 Å². The van der Waals surface area contributed by atoms with Crippen LogP contribution in [0.25, 0.3) is 0 Å². The van der Waals surface area contributed by atoms with Crippen molar-refractivity contribution in [2.45, 2.75) is 12.3 Å². The molecule has 0 amide bonds. The maximum Gasteiger partial charge on any atom is 0.142 e. The largest absolute Gasteiger partial charge is 0.299 e. The van der Waals surface area contributed by atoms with Crippen molar-refractivity contribution in [2.24, 2.45) is 0 Å². The molecule has 0 saturated heterocycles. The van der Waals surface area contributed by atoms with Crippen molar-refractivity contribution in [3.63, 3.8) is 0 Å². The van der Waals surface area contributed by atoms with Gasteiger partial charge in [-0.3, -0.25) is 4.79 Å². The van der Waals surface area contributed by atoms with E-state index in [0.717, 1.165) is 12.7 Å². The Balaban J connectivity index is 2.29. The topological polar surface area (TPSA) is 17.1 Å². The second-order valence-corrected chi connectivity index (χ2v) is 4.17. The third kappa shape index (κ3) is 3.17. The van der Waals surface area contributed by atoms with E-state index < -0.39 is 0 Å². The predicted molar refractivity (Wildman–Crippen MR) is 74.5 cm³/mol. The van der Waals surface area contributed by atoms with E-state index in [1.54, 1.807) is 6.08 Å². The van der Waals surface area contributed by atoms with Crippen molar-refractivity contribution in [1.82, 2.24) is 0 Å². The van der Waals surface area contributed by atoms with Gasteiger partial charge in [0, 0.05) is 5.92 Å². The molecule has 2 rings (SSSR count). The predicted octanol–water partition coefficient (Wildman–Crippen LogP) is 3.96. The number of carbonyl (C=O) groups is 1. The summed E-state index contributed by atoms with van der Waals surface area (Å²) in [6.45, 7) is 0. The lowest BCUT2D eigenvalue weighted by Gasteiger charge is -2.16. The Morgan fingerprint density at radius 1 is 0.833 bits per heavy atom. The highest BCUT2D eigenvalue weighted by molar-refractivity contribution is 5.64. The zero-order valence-corrected chi connectivity index (χ0v) is 10.2. The fourth-order valence-corrected chi connectivity index (χ4v) is 2.11. The maximum atomic E-state index is 10.4. The van der Waals surface area contributed by atoms with Crippen LogP contribution >= 0.6 is 0 Å². The molecule has 0 unspecified atom stereocenters. The Labute approximate surface area is 108 Å². The second kappa shape index (κ2) is 6.55. The number of hydrogen-bond donors (Lipinski definition) is 0. The van der Waals surface area contributed by atoms with E-state index in [9.17, 15) is 4.79 Å². The monoisotopic (exact) mass is 236 g/mol. The molecular weight excluding hydrogens is 220 g/mol. The number of allylic oxidation sites excluding steroid dienone is 2. The second-order valence-electron chi connectivity index (χ2n) is 4.17. The molecule has 0 atom stereocenters. The summed E-state index contributed by atoms with van der Waals surface area (Å²) in [5.74, 6) is 0.309. The normalized spacial score (nSPS) is 10.9. The van der Waals surface area contributed by atoms with Gasteiger partial charge in [-0.2, -0.15) is 0 Å². The summed E-state index contributed by atoms with van der Waals surface area (Å²) in [5, 5.41) is 0. The summed E-state index contributed by atoms with van der Waals surface area (Å²) < 4.78 is 0. The standard InChI is InChI=1S/C17H16O/c18-14-8-7-13-17(15-9-3-1-4-10-15)16-11-5-2-6-12-16/h1-12,14,17H,13H2/b8-7+. The first-order chi connectivity index (χ1) is 8.92. The zero-order chi connectivity index (χ0) is 12.6. The number of benzene rings is 2. The molecule has 0 aliphatic heterocycles. The summed E-state index contributed by atoms with van der Waals surface area (Å²) >= 11 is 0. The van der Waals surface area contributed by atoms with Crippen LogP contribution in [0.3, 0.4) is 0 Å². The first kappa shape index (κ1) is 12.3. The number of aldehydes is 1. The third-order valence-electron chi connectivity index (χ3n) is 2.99. The van der Waals surface area contributed by atoms with E-state index in [2.05, 4.69) is 48.5 Å². The molecule has 0 bridgehead atoms. The highest BCUT2D eigenvalue weighted by Crippen LogP contribution is 2.27. The molecule has 2 aromatic carbocycles. The molecule has 18 heavy (non-hydrogen) atoms. The average molecular weight is 236 g/mol. The van der Waals surface area contributed by atoms with Gasteiger partial charge in [0.2, 0.25) is 0 Å². The molecule has 2 aromatic rings. The van der Waals surface area contributed by atoms with Crippen molar-refractivity contribution in [2.75, 3.05) is 0 Å². The van der Waals surface area contributed by atoms with Crippen molar-refractivity contribution in [3.05, 3.63) is 83.9 Å². The summed E-state index contributed by atoms with van der Waals surface area (Å²) in [6.07, 6.45) is 5.16. The van der Waals surface area contributed by atoms with Crippen LogP contribution in [0.15, 0.2) is 72.8 Å². The van der Waals surface area contributed by atoms with Gasteiger partial charge in [-0.1, -0.05) is 66.7 Å². The van der Waals surface area contributed by atoms with Crippen molar-refractivity contribution in [3.8, 4) is 0 Å². The maximum absolute atomic E-state index is 10.4. The molecule has 1 heteroatoms. The smallest absolute Gasteiger partial charge is 0.142 e. The van der Waals surface area contributed by atoms with Gasteiger partial charge in [0.25, 0.3) is 0 Å². The zero-order valence-electron chi connectivity index (χ0n) is 10.2. The van der Waals surface area contributed by atoms with Gasteiger partial charge in [0.15, 0.2) is 0 Å².